The molecule has 0 bridgehead atoms. The third-order valence-electron chi connectivity index (χ3n) is 1.87. The summed E-state index contributed by atoms with van der Waals surface area (Å²) in [5, 5.41) is 33.1. The minimum Gasteiger partial charge on any atom is -0.478 e. The van der Waals surface area contributed by atoms with Crippen molar-refractivity contribution in [2.45, 2.75) is 12.8 Å². The molecule has 0 amide bonds. The van der Waals surface area contributed by atoms with Crippen molar-refractivity contribution in [2.24, 2.45) is 0 Å². The molecule has 0 rings (SSSR count). The second-order valence-corrected chi connectivity index (χ2v) is 3.61. The summed E-state index contributed by atoms with van der Waals surface area (Å²) in [7, 11) is 0. The van der Waals surface area contributed by atoms with Gasteiger partial charge in [-0.2, -0.15) is 0 Å². The molecule has 0 saturated carbocycles. The van der Waals surface area contributed by atoms with Crippen LogP contribution in [-0.2, 0) is 40.9 Å². The predicted octanol–water partition coefficient (Wildman–Crippen LogP) is 1.31. The van der Waals surface area contributed by atoms with Gasteiger partial charge < -0.3 is 20.4 Å². The second-order valence-electron chi connectivity index (χ2n) is 3.61. The fourth-order valence-corrected chi connectivity index (χ4v) is 1.03. The van der Waals surface area contributed by atoms with E-state index in [1.165, 1.54) is 12.2 Å². The average molecular weight is 360 g/mol. The first-order valence-electron chi connectivity index (χ1n) is 5.71. The number of allylic oxidation sites excluding steroid dienone is 2. The van der Waals surface area contributed by atoms with E-state index < -0.39 is 23.9 Å². The molecule has 0 fully saturated rings. The van der Waals surface area contributed by atoms with Crippen molar-refractivity contribution in [1.29, 1.82) is 0 Å². The number of rotatable bonds is 8. The maximum atomic E-state index is 10.2. The van der Waals surface area contributed by atoms with Crippen molar-refractivity contribution in [3.8, 4) is 0 Å². The van der Waals surface area contributed by atoms with Crippen LogP contribution in [0.1, 0.15) is 12.8 Å². The van der Waals surface area contributed by atoms with Crippen LogP contribution in [0.5, 0.6) is 0 Å². The third kappa shape index (κ3) is 15.8. The van der Waals surface area contributed by atoms with E-state index in [9.17, 15) is 19.2 Å². The van der Waals surface area contributed by atoms with E-state index in [1.54, 1.807) is 0 Å². The number of carboxylic acid groups (broad SMARTS) is 4. The minimum absolute atomic E-state index is 0. The minimum atomic E-state index is -1.26. The molecular formula is C14H16O8Ti. The Bertz CT molecular complexity index is 483. The van der Waals surface area contributed by atoms with Crippen LogP contribution in [0.4, 0.5) is 0 Å². The largest absolute Gasteiger partial charge is 0.478 e. The average Bonchev–Trinajstić information content (AvgIpc) is 2.37. The van der Waals surface area contributed by atoms with Gasteiger partial charge in [0.25, 0.3) is 0 Å². The molecule has 124 valence electrons. The van der Waals surface area contributed by atoms with Crippen molar-refractivity contribution in [3.05, 3.63) is 48.6 Å². The summed E-state index contributed by atoms with van der Waals surface area (Å²) in [4.78, 5) is 40.5. The molecule has 0 aliphatic carbocycles. The van der Waals surface area contributed by atoms with E-state index in [0.717, 1.165) is 0 Å². The Hall–Kier alpha value is -2.45. The Morgan fingerprint density at radius 1 is 0.696 bits per heavy atom. The predicted molar refractivity (Wildman–Crippen MR) is 76.3 cm³/mol. The molecule has 0 radical (unpaired) electrons. The molecule has 0 unspecified atom stereocenters. The monoisotopic (exact) mass is 360 g/mol. The van der Waals surface area contributed by atoms with Crippen LogP contribution in [-0.4, -0.2) is 44.3 Å². The van der Waals surface area contributed by atoms with E-state index in [0.29, 0.717) is 12.2 Å². The molecule has 0 aromatic heterocycles. The zero-order valence-corrected chi connectivity index (χ0v) is 13.6. The number of hydrogen-bond acceptors (Lipinski definition) is 4. The van der Waals surface area contributed by atoms with Gasteiger partial charge in [0.1, 0.15) is 0 Å². The van der Waals surface area contributed by atoms with Crippen LogP contribution in [0, 0.1) is 0 Å². The van der Waals surface area contributed by atoms with Gasteiger partial charge >= 0.3 is 23.9 Å². The Kier molecular flexibility index (Phi) is 16.1. The van der Waals surface area contributed by atoms with Crippen molar-refractivity contribution >= 4 is 23.9 Å². The van der Waals surface area contributed by atoms with Gasteiger partial charge in [0.05, 0.1) is 0 Å². The van der Waals surface area contributed by atoms with E-state index in [2.05, 4.69) is 13.2 Å². The van der Waals surface area contributed by atoms with Crippen LogP contribution in [0.2, 0.25) is 0 Å². The van der Waals surface area contributed by atoms with E-state index >= 15 is 0 Å². The molecule has 0 aliphatic heterocycles. The summed E-state index contributed by atoms with van der Waals surface area (Å²) < 4.78 is 0. The third-order valence-corrected chi connectivity index (χ3v) is 1.87. The van der Waals surface area contributed by atoms with Crippen LogP contribution in [0.25, 0.3) is 0 Å². The van der Waals surface area contributed by atoms with Crippen molar-refractivity contribution in [3.63, 3.8) is 0 Å². The molecule has 0 aromatic rings. The van der Waals surface area contributed by atoms with Gasteiger partial charge in [0.2, 0.25) is 0 Å². The topological polar surface area (TPSA) is 149 Å². The standard InChI is InChI=1S/2C7H8O4.Ti/c2*1-2-3-5(7(10)11)4-6(8)9;/h2*2,4H,1,3H2,(H,8,9)(H,10,11);/b2*5-4-;. The summed E-state index contributed by atoms with van der Waals surface area (Å²) >= 11 is 0. The fraction of sp³-hybridized carbons (Fsp3) is 0.143. The van der Waals surface area contributed by atoms with E-state index in [-0.39, 0.29) is 45.7 Å². The molecule has 9 heteroatoms. The molecule has 0 aromatic carbocycles. The molecule has 23 heavy (non-hydrogen) atoms. The molecular weight excluding hydrogens is 344 g/mol. The van der Waals surface area contributed by atoms with Gasteiger partial charge in [0.15, 0.2) is 0 Å². The van der Waals surface area contributed by atoms with E-state index in [4.69, 9.17) is 20.4 Å². The molecule has 0 heterocycles. The number of aliphatic carboxylic acids is 4. The Morgan fingerprint density at radius 2 is 0.957 bits per heavy atom. The number of carbonyl (C=O) groups is 4. The summed E-state index contributed by atoms with van der Waals surface area (Å²) in [6.07, 6.45) is 4.10. The van der Waals surface area contributed by atoms with Gasteiger partial charge in [-0.05, 0) is 12.8 Å². The van der Waals surface area contributed by atoms with Gasteiger partial charge in [0, 0.05) is 45.0 Å². The van der Waals surface area contributed by atoms with Crippen molar-refractivity contribution < 1.29 is 61.3 Å². The first-order chi connectivity index (χ1) is 10.1. The maximum Gasteiger partial charge on any atom is 0.332 e. The summed E-state index contributed by atoms with van der Waals surface area (Å²) in [6, 6.07) is 0. The summed E-state index contributed by atoms with van der Waals surface area (Å²) in [6.45, 7) is 6.59. The zero-order chi connectivity index (χ0) is 17.7. The SMILES string of the molecule is C=CC/C(=C/C(=O)O)C(=O)O.C=CC/C(=C/C(=O)O)C(=O)O.[Ti]. The van der Waals surface area contributed by atoms with Crippen LogP contribution in [0.15, 0.2) is 48.6 Å². The van der Waals surface area contributed by atoms with Gasteiger partial charge in [-0.1, -0.05) is 12.2 Å². The molecule has 8 nitrogen and oxygen atoms in total. The Labute approximate surface area is 147 Å². The second kappa shape index (κ2) is 14.5. The van der Waals surface area contributed by atoms with Crippen LogP contribution >= 0.6 is 0 Å². The molecule has 0 atom stereocenters. The van der Waals surface area contributed by atoms with Gasteiger partial charge in [-0.15, -0.1) is 13.2 Å². The summed E-state index contributed by atoms with van der Waals surface area (Å²) in [5.74, 6) is -4.98. The molecule has 4 N–H and O–H groups in total. The molecule has 0 spiro atoms. The van der Waals surface area contributed by atoms with Gasteiger partial charge in [-0.25, -0.2) is 19.2 Å². The fourth-order valence-electron chi connectivity index (χ4n) is 1.03. The van der Waals surface area contributed by atoms with Crippen molar-refractivity contribution in [2.75, 3.05) is 0 Å². The smallest absolute Gasteiger partial charge is 0.332 e. The first kappa shape index (κ1) is 25.5. The maximum absolute atomic E-state index is 10.2. The van der Waals surface area contributed by atoms with Crippen molar-refractivity contribution in [1.82, 2.24) is 0 Å². The van der Waals surface area contributed by atoms with Crippen LogP contribution < -0.4 is 0 Å². The first-order valence-corrected chi connectivity index (χ1v) is 5.71. The normalized spacial score (nSPS) is 10.3. The quantitative estimate of drug-likeness (QED) is 0.288. The Balaban J connectivity index is -0.000000333. The number of hydrogen-bond donors (Lipinski definition) is 4. The molecule has 0 saturated heterocycles. The number of carboxylic acids is 4. The van der Waals surface area contributed by atoms with Crippen LogP contribution in [0.3, 0.4) is 0 Å². The summed E-state index contributed by atoms with van der Waals surface area (Å²) in [5.41, 5.74) is -0.347. The Morgan fingerprint density at radius 3 is 1.09 bits per heavy atom. The van der Waals surface area contributed by atoms with E-state index in [1.807, 2.05) is 0 Å². The van der Waals surface area contributed by atoms with Gasteiger partial charge in [-0.3, -0.25) is 0 Å². The zero-order valence-electron chi connectivity index (χ0n) is 12.1. The molecule has 0 aliphatic rings.